The Kier molecular flexibility index (Phi) is 4.82. The van der Waals surface area contributed by atoms with E-state index in [1.165, 1.54) is 16.9 Å². The Morgan fingerprint density at radius 2 is 2.30 bits per heavy atom. The van der Waals surface area contributed by atoms with Gasteiger partial charge in [-0.1, -0.05) is 27.2 Å². The molecule has 108 valence electrons. The zero-order chi connectivity index (χ0) is 14.7. The van der Waals surface area contributed by atoms with E-state index in [0.717, 1.165) is 30.2 Å². The smallest absolute Gasteiger partial charge is 0.225 e. The molecule has 3 nitrogen and oxygen atoms in total. The first kappa shape index (κ1) is 15.1. The highest BCUT2D eigenvalue weighted by molar-refractivity contribution is 7.16. The van der Waals surface area contributed by atoms with Crippen LogP contribution >= 0.6 is 11.3 Å². The van der Waals surface area contributed by atoms with Crippen molar-refractivity contribution < 1.29 is 4.79 Å². The number of hydrogen-bond acceptors (Lipinski definition) is 3. The molecule has 4 heteroatoms. The first-order valence-electron chi connectivity index (χ1n) is 7.39. The number of nitrogens with one attached hydrogen (secondary N) is 1. The van der Waals surface area contributed by atoms with Crippen LogP contribution in [-0.4, -0.2) is 5.91 Å². The summed E-state index contributed by atoms with van der Waals surface area (Å²) < 4.78 is 0. The number of carbonyl (C=O) groups is 1. The highest BCUT2D eigenvalue weighted by Crippen LogP contribution is 2.40. The summed E-state index contributed by atoms with van der Waals surface area (Å²) in [6, 6.07) is 2.29. The van der Waals surface area contributed by atoms with Gasteiger partial charge in [0, 0.05) is 11.3 Å². The molecule has 1 atom stereocenters. The van der Waals surface area contributed by atoms with Crippen molar-refractivity contribution >= 4 is 22.2 Å². The van der Waals surface area contributed by atoms with E-state index in [4.69, 9.17) is 0 Å². The first-order valence-corrected chi connectivity index (χ1v) is 8.21. The second kappa shape index (κ2) is 6.41. The van der Waals surface area contributed by atoms with E-state index < -0.39 is 0 Å². The minimum Gasteiger partial charge on any atom is -0.317 e. The molecule has 0 aliphatic heterocycles. The number of thiophene rings is 1. The maximum absolute atomic E-state index is 11.9. The number of hydrogen-bond donors (Lipinski definition) is 1. The topological polar surface area (TPSA) is 52.9 Å². The van der Waals surface area contributed by atoms with Gasteiger partial charge in [0.25, 0.3) is 0 Å². The lowest BCUT2D eigenvalue weighted by molar-refractivity contribution is -0.116. The molecule has 0 fully saturated rings. The minimum absolute atomic E-state index is 0.0159. The predicted molar refractivity (Wildman–Crippen MR) is 82.9 cm³/mol. The largest absolute Gasteiger partial charge is 0.317 e. The fourth-order valence-corrected chi connectivity index (χ4v) is 4.09. The van der Waals surface area contributed by atoms with Crippen molar-refractivity contribution in [2.24, 2.45) is 11.8 Å². The number of nitriles is 1. The predicted octanol–water partition coefficient (Wildman–Crippen LogP) is 4.12. The zero-order valence-electron chi connectivity index (χ0n) is 12.5. The quantitative estimate of drug-likeness (QED) is 0.907. The minimum atomic E-state index is 0.0159. The van der Waals surface area contributed by atoms with E-state index in [1.54, 1.807) is 11.3 Å². The van der Waals surface area contributed by atoms with Gasteiger partial charge in [-0.05, 0) is 36.7 Å². The van der Waals surface area contributed by atoms with Crippen LogP contribution in [0.1, 0.15) is 56.0 Å². The molecule has 1 amide bonds. The summed E-state index contributed by atoms with van der Waals surface area (Å²) in [6.45, 7) is 6.27. The molecule has 1 heterocycles. The second-order valence-electron chi connectivity index (χ2n) is 5.98. The Bertz CT molecular complexity index is 539. The molecule has 1 N–H and O–H groups in total. The Balaban J connectivity index is 2.21. The van der Waals surface area contributed by atoms with Crippen LogP contribution in [0.15, 0.2) is 0 Å². The maximum Gasteiger partial charge on any atom is 0.225 e. The van der Waals surface area contributed by atoms with E-state index in [0.29, 0.717) is 17.9 Å². The van der Waals surface area contributed by atoms with E-state index >= 15 is 0 Å². The third kappa shape index (κ3) is 3.21. The van der Waals surface area contributed by atoms with Gasteiger partial charge >= 0.3 is 0 Å². The normalized spacial score (nSPS) is 17.6. The monoisotopic (exact) mass is 290 g/mol. The van der Waals surface area contributed by atoms with Crippen molar-refractivity contribution in [3.63, 3.8) is 0 Å². The number of nitrogens with zero attached hydrogens (tertiary/aromatic N) is 1. The summed E-state index contributed by atoms with van der Waals surface area (Å²) in [5.41, 5.74) is 1.89. The van der Waals surface area contributed by atoms with Crippen LogP contribution < -0.4 is 5.32 Å². The average Bonchev–Trinajstić information content (AvgIpc) is 2.73. The summed E-state index contributed by atoms with van der Waals surface area (Å²) in [5.74, 6) is 1.08. The van der Waals surface area contributed by atoms with Gasteiger partial charge in [0.2, 0.25) is 5.91 Å². The van der Waals surface area contributed by atoms with Crippen molar-refractivity contribution in [3.05, 3.63) is 16.0 Å². The zero-order valence-corrected chi connectivity index (χ0v) is 13.3. The van der Waals surface area contributed by atoms with E-state index in [1.807, 2.05) is 13.8 Å². The fraction of sp³-hybridized carbons (Fsp3) is 0.625. The number of rotatable bonds is 4. The lowest BCUT2D eigenvalue weighted by Crippen LogP contribution is -2.14. The molecule has 20 heavy (non-hydrogen) atoms. The Labute approximate surface area is 125 Å². The number of fused-ring (bicyclic) bond motifs is 1. The highest BCUT2D eigenvalue weighted by atomic mass is 32.1. The van der Waals surface area contributed by atoms with Crippen molar-refractivity contribution in [1.82, 2.24) is 0 Å². The standard InChI is InChI=1S/C16H22N2OS/c1-4-11-5-6-12-13(9-17)16(20-14(12)8-11)18-15(19)7-10(2)3/h10-11H,4-8H2,1-3H3,(H,18,19)/t11-/m1/s1. The molecular weight excluding hydrogens is 268 g/mol. The van der Waals surface area contributed by atoms with Crippen molar-refractivity contribution in [1.29, 1.82) is 5.26 Å². The van der Waals surface area contributed by atoms with E-state index in [-0.39, 0.29) is 5.91 Å². The molecule has 1 aromatic heterocycles. The van der Waals surface area contributed by atoms with E-state index in [9.17, 15) is 10.1 Å². The summed E-state index contributed by atoms with van der Waals surface area (Å²) in [4.78, 5) is 13.2. The van der Waals surface area contributed by atoms with Crippen LogP contribution in [-0.2, 0) is 17.6 Å². The highest BCUT2D eigenvalue weighted by Gasteiger charge is 2.25. The van der Waals surface area contributed by atoms with Crippen molar-refractivity contribution in [3.8, 4) is 6.07 Å². The second-order valence-corrected chi connectivity index (χ2v) is 7.09. The third-order valence-corrected chi connectivity index (χ3v) is 5.07. The van der Waals surface area contributed by atoms with Gasteiger partial charge in [-0.3, -0.25) is 4.79 Å². The number of anilines is 1. The van der Waals surface area contributed by atoms with Gasteiger partial charge in [0.1, 0.15) is 11.1 Å². The lowest BCUT2D eigenvalue weighted by Gasteiger charge is -2.20. The number of amides is 1. The van der Waals surface area contributed by atoms with Gasteiger partial charge in [-0.15, -0.1) is 11.3 Å². The van der Waals surface area contributed by atoms with Crippen molar-refractivity contribution in [2.45, 2.75) is 52.9 Å². The Hall–Kier alpha value is -1.34. The van der Waals surface area contributed by atoms with Crippen LogP contribution in [0.25, 0.3) is 0 Å². The molecule has 0 spiro atoms. The molecule has 0 aromatic carbocycles. The summed E-state index contributed by atoms with van der Waals surface area (Å²) >= 11 is 1.61. The van der Waals surface area contributed by atoms with Crippen LogP contribution in [0.5, 0.6) is 0 Å². The summed E-state index contributed by atoms with van der Waals surface area (Å²) in [5, 5.41) is 13.1. The fourth-order valence-electron chi connectivity index (χ4n) is 2.76. The molecule has 0 bridgehead atoms. The molecule has 0 unspecified atom stereocenters. The summed E-state index contributed by atoms with van der Waals surface area (Å²) in [7, 11) is 0. The van der Waals surface area contributed by atoms with Crippen LogP contribution in [0.2, 0.25) is 0 Å². The van der Waals surface area contributed by atoms with Gasteiger partial charge < -0.3 is 5.32 Å². The lowest BCUT2D eigenvalue weighted by atomic mass is 9.86. The Morgan fingerprint density at radius 1 is 1.55 bits per heavy atom. The number of carbonyl (C=O) groups excluding carboxylic acids is 1. The van der Waals surface area contributed by atoms with Crippen LogP contribution in [0.4, 0.5) is 5.00 Å². The Morgan fingerprint density at radius 3 is 2.90 bits per heavy atom. The van der Waals surface area contributed by atoms with E-state index in [2.05, 4.69) is 18.3 Å². The third-order valence-electron chi connectivity index (χ3n) is 3.90. The van der Waals surface area contributed by atoms with Gasteiger partial charge in [0.15, 0.2) is 0 Å². The molecule has 0 saturated carbocycles. The molecule has 1 aromatic rings. The molecule has 2 rings (SSSR count). The van der Waals surface area contributed by atoms with Crippen LogP contribution in [0.3, 0.4) is 0 Å². The molecule has 1 aliphatic rings. The van der Waals surface area contributed by atoms with Gasteiger partial charge in [0.05, 0.1) is 5.56 Å². The van der Waals surface area contributed by atoms with Crippen LogP contribution in [0, 0.1) is 23.2 Å². The molecule has 0 saturated heterocycles. The molecular formula is C16H22N2OS. The van der Waals surface area contributed by atoms with Gasteiger partial charge in [-0.25, -0.2) is 0 Å². The first-order chi connectivity index (χ1) is 9.55. The summed E-state index contributed by atoms with van der Waals surface area (Å²) in [6.07, 6.45) is 4.89. The molecule has 0 radical (unpaired) electrons. The average molecular weight is 290 g/mol. The maximum atomic E-state index is 11.9. The molecule has 1 aliphatic carbocycles. The van der Waals surface area contributed by atoms with Gasteiger partial charge in [-0.2, -0.15) is 5.26 Å². The SMILES string of the molecule is CC[C@@H]1CCc2c(sc(NC(=O)CC(C)C)c2C#N)C1. The van der Waals surface area contributed by atoms with Crippen molar-refractivity contribution in [2.75, 3.05) is 5.32 Å².